The molecule has 0 aliphatic heterocycles. The Hall–Kier alpha value is -0.300. The highest BCUT2D eigenvalue weighted by atomic mass is 14.9. The molecule has 0 saturated heterocycles. The van der Waals surface area contributed by atoms with Crippen molar-refractivity contribution in [2.45, 2.75) is 52.9 Å². The Balaban J connectivity index is 1.68. The van der Waals surface area contributed by atoms with Gasteiger partial charge >= 0.3 is 0 Å². The van der Waals surface area contributed by atoms with E-state index in [1.54, 1.807) is 5.57 Å². The molecular weight excluding hydrogens is 194 g/mol. The predicted octanol–water partition coefficient (Wildman–Crippen LogP) is 3.76. The van der Waals surface area contributed by atoms with Crippen molar-refractivity contribution < 1.29 is 0 Å². The van der Waals surface area contributed by atoms with E-state index >= 15 is 0 Å². The van der Waals surface area contributed by atoms with Crippen molar-refractivity contribution in [2.75, 3.05) is 13.1 Å². The first-order chi connectivity index (χ1) is 7.57. The smallest absolute Gasteiger partial charge is 0.000528 e. The minimum Gasteiger partial charge on any atom is -0.316 e. The van der Waals surface area contributed by atoms with E-state index in [-0.39, 0.29) is 0 Å². The molecule has 2 rings (SSSR count). The molecule has 2 unspecified atom stereocenters. The summed E-state index contributed by atoms with van der Waals surface area (Å²) in [6.07, 6.45) is 9.44. The van der Waals surface area contributed by atoms with Gasteiger partial charge in [-0.05, 0) is 56.4 Å². The molecule has 0 aromatic heterocycles. The fourth-order valence-electron chi connectivity index (χ4n) is 3.38. The quantitative estimate of drug-likeness (QED) is 0.713. The predicted molar refractivity (Wildman–Crippen MR) is 70.5 cm³/mol. The van der Waals surface area contributed by atoms with E-state index in [1.165, 1.54) is 45.2 Å². The SMILES string of the molecule is CC1=CC(C)CC(CNCC2(C)CCC2)C1. The first kappa shape index (κ1) is 12.2. The van der Waals surface area contributed by atoms with Gasteiger partial charge in [0.25, 0.3) is 0 Å². The maximum Gasteiger partial charge on any atom is 0.000528 e. The van der Waals surface area contributed by atoms with Gasteiger partial charge in [-0.3, -0.25) is 0 Å². The summed E-state index contributed by atoms with van der Waals surface area (Å²) in [5.41, 5.74) is 2.23. The molecule has 0 heterocycles. The molecule has 0 aromatic rings. The van der Waals surface area contributed by atoms with E-state index in [0.717, 1.165) is 11.8 Å². The maximum atomic E-state index is 3.71. The van der Waals surface area contributed by atoms with Gasteiger partial charge in [0.05, 0.1) is 0 Å². The Bertz CT molecular complexity index is 263. The third kappa shape index (κ3) is 3.10. The number of nitrogens with one attached hydrogen (secondary N) is 1. The highest BCUT2D eigenvalue weighted by Crippen LogP contribution is 2.39. The van der Waals surface area contributed by atoms with Gasteiger partial charge in [-0.15, -0.1) is 0 Å². The second-order valence-corrected chi connectivity index (χ2v) is 6.59. The fraction of sp³-hybridized carbons (Fsp3) is 0.867. The average Bonchev–Trinajstić information content (AvgIpc) is 2.13. The van der Waals surface area contributed by atoms with Crippen LogP contribution in [0.4, 0.5) is 0 Å². The van der Waals surface area contributed by atoms with Crippen LogP contribution in [0.15, 0.2) is 11.6 Å². The first-order valence-electron chi connectivity index (χ1n) is 6.95. The van der Waals surface area contributed by atoms with Gasteiger partial charge in [-0.25, -0.2) is 0 Å². The topological polar surface area (TPSA) is 12.0 Å². The van der Waals surface area contributed by atoms with Crippen molar-refractivity contribution in [3.8, 4) is 0 Å². The van der Waals surface area contributed by atoms with Gasteiger partial charge < -0.3 is 5.32 Å². The van der Waals surface area contributed by atoms with Crippen LogP contribution in [-0.4, -0.2) is 13.1 Å². The molecule has 92 valence electrons. The third-order valence-corrected chi connectivity index (χ3v) is 4.43. The third-order valence-electron chi connectivity index (χ3n) is 4.43. The summed E-state index contributed by atoms with van der Waals surface area (Å²) in [6, 6.07) is 0. The van der Waals surface area contributed by atoms with Crippen LogP contribution in [0, 0.1) is 17.3 Å². The fourth-order valence-corrected chi connectivity index (χ4v) is 3.38. The lowest BCUT2D eigenvalue weighted by Crippen LogP contribution is -2.39. The summed E-state index contributed by atoms with van der Waals surface area (Å²) in [7, 11) is 0. The summed E-state index contributed by atoms with van der Waals surface area (Å²) in [4.78, 5) is 0. The van der Waals surface area contributed by atoms with E-state index in [0.29, 0.717) is 5.41 Å². The molecule has 1 saturated carbocycles. The van der Waals surface area contributed by atoms with Gasteiger partial charge in [0, 0.05) is 6.54 Å². The van der Waals surface area contributed by atoms with Crippen LogP contribution in [0.2, 0.25) is 0 Å². The molecule has 1 N–H and O–H groups in total. The standard InChI is InChI=1S/C15H27N/c1-12-7-13(2)9-14(8-12)10-16-11-15(3)5-4-6-15/h7,12,14,16H,4-6,8-11H2,1-3H3. The second-order valence-electron chi connectivity index (χ2n) is 6.59. The number of rotatable bonds is 4. The Morgan fingerprint density at radius 3 is 2.75 bits per heavy atom. The van der Waals surface area contributed by atoms with Gasteiger partial charge in [0.2, 0.25) is 0 Å². The Morgan fingerprint density at radius 2 is 2.19 bits per heavy atom. The zero-order valence-electron chi connectivity index (χ0n) is 11.2. The molecule has 2 atom stereocenters. The molecule has 16 heavy (non-hydrogen) atoms. The van der Waals surface area contributed by atoms with Crippen LogP contribution >= 0.6 is 0 Å². The molecule has 0 radical (unpaired) electrons. The van der Waals surface area contributed by atoms with E-state index < -0.39 is 0 Å². The van der Waals surface area contributed by atoms with Gasteiger partial charge in [0.1, 0.15) is 0 Å². The number of hydrogen-bond acceptors (Lipinski definition) is 1. The molecule has 0 bridgehead atoms. The highest BCUT2D eigenvalue weighted by molar-refractivity contribution is 5.06. The Morgan fingerprint density at radius 1 is 1.44 bits per heavy atom. The van der Waals surface area contributed by atoms with Crippen molar-refractivity contribution >= 4 is 0 Å². The molecule has 0 spiro atoms. The van der Waals surface area contributed by atoms with Gasteiger partial charge in [-0.1, -0.05) is 31.9 Å². The van der Waals surface area contributed by atoms with E-state index in [2.05, 4.69) is 32.2 Å². The summed E-state index contributed by atoms with van der Waals surface area (Å²) in [6.45, 7) is 9.53. The summed E-state index contributed by atoms with van der Waals surface area (Å²) < 4.78 is 0. The molecule has 0 aromatic carbocycles. The molecule has 1 fully saturated rings. The van der Waals surface area contributed by atoms with E-state index in [4.69, 9.17) is 0 Å². The summed E-state index contributed by atoms with van der Waals surface area (Å²) in [5.74, 6) is 1.67. The van der Waals surface area contributed by atoms with Crippen LogP contribution in [0.1, 0.15) is 52.9 Å². The van der Waals surface area contributed by atoms with Crippen LogP contribution < -0.4 is 5.32 Å². The monoisotopic (exact) mass is 221 g/mol. The lowest BCUT2D eigenvalue weighted by atomic mass is 9.70. The molecule has 1 nitrogen and oxygen atoms in total. The molecule has 0 amide bonds. The Labute approximate surface area is 101 Å². The second kappa shape index (κ2) is 4.91. The largest absolute Gasteiger partial charge is 0.316 e. The lowest BCUT2D eigenvalue weighted by Gasteiger charge is -2.39. The lowest BCUT2D eigenvalue weighted by molar-refractivity contribution is 0.153. The molecule has 2 aliphatic rings. The van der Waals surface area contributed by atoms with Gasteiger partial charge in [-0.2, -0.15) is 0 Å². The van der Waals surface area contributed by atoms with Crippen molar-refractivity contribution in [1.82, 2.24) is 5.32 Å². The summed E-state index contributed by atoms with van der Waals surface area (Å²) in [5, 5.41) is 3.71. The van der Waals surface area contributed by atoms with Crippen LogP contribution in [0.25, 0.3) is 0 Å². The highest BCUT2D eigenvalue weighted by Gasteiger charge is 2.31. The molecular formula is C15H27N. The minimum absolute atomic E-state index is 0.630. The van der Waals surface area contributed by atoms with Crippen molar-refractivity contribution in [2.24, 2.45) is 17.3 Å². The molecule has 1 heteroatoms. The zero-order chi connectivity index (χ0) is 11.6. The maximum absolute atomic E-state index is 3.71. The number of allylic oxidation sites excluding steroid dienone is 2. The van der Waals surface area contributed by atoms with Crippen LogP contribution in [-0.2, 0) is 0 Å². The van der Waals surface area contributed by atoms with Crippen molar-refractivity contribution in [3.63, 3.8) is 0 Å². The average molecular weight is 221 g/mol. The Kier molecular flexibility index (Phi) is 3.73. The molecule has 2 aliphatic carbocycles. The van der Waals surface area contributed by atoms with Crippen molar-refractivity contribution in [3.05, 3.63) is 11.6 Å². The summed E-state index contributed by atoms with van der Waals surface area (Å²) >= 11 is 0. The minimum atomic E-state index is 0.630. The first-order valence-corrected chi connectivity index (χ1v) is 6.95. The van der Waals surface area contributed by atoms with Crippen LogP contribution in [0.3, 0.4) is 0 Å². The number of hydrogen-bond donors (Lipinski definition) is 1. The zero-order valence-corrected chi connectivity index (χ0v) is 11.2. The van der Waals surface area contributed by atoms with Crippen LogP contribution in [0.5, 0.6) is 0 Å². The van der Waals surface area contributed by atoms with Gasteiger partial charge in [0.15, 0.2) is 0 Å². The normalized spacial score (nSPS) is 33.1. The van der Waals surface area contributed by atoms with Crippen molar-refractivity contribution in [1.29, 1.82) is 0 Å². The van der Waals surface area contributed by atoms with E-state index in [1.807, 2.05) is 0 Å². The van der Waals surface area contributed by atoms with E-state index in [9.17, 15) is 0 Å².